The van der Waals surface area contributed by atoms with Crippen molar-refractivity contribution in [3.63, 3.8) is 0 Å². The Kier molecular flexibility index (Phi) is 5.38. The summed E-state index contributed by atoms with van der Waals surface area (Å²) in [4.78, 5) is 8.36. The Morgan fingerprint density at radius 2 is 2.04 bits per heavy atom. The van der Waals surface area contributed by atoms with E-state index in [9.17, 15) is 0 Å². The minimum Gasteiger partial charge on any atom is -0.490 e. The number of nitrogens with one attached hydrogen (secondary N) is 1. The quantitative estimate of drug-likeness (QED) is 0.505. The van der Waals surface area contributed by atoms with Crippen LogP contribution in [0.25, 0.3) is 0 Å². The Labute approximate surface area is 145 Å². The number of hydrogen-bond acceptors (Lipinski definition) is 4. The van der Waals surface area contributed by atoms with Gasteiger partial charge in [0.2, 0.25) is 0 Å². The average Bonchev–Trinajstić information content (AvgIpc) is 2.81. The molecular weight excluding hydrogens is 328 g/mol. The van der Waals surface area contributed by atoms with Gasteiger partial charge < -0.3 is 20.5 Å². The summed E-state index contributed by atoms with van der Waals surface area (Å²) in [5, 5.41) is 3.55. The van der Waals surface area contributed by atoms with Gasteiger partial charge in [-0.15, -0.1) is 0 Å². The lowest BCUT2D eigenvalue weighted by molar-refractivity contribution is 0.297. The third-order valence-corrected chi connectivity index (χ3v) is 3.71. The van der Waals surface area contributed by atoms with Crippen molar-refractivity contribution >= 4 is 23.2 Å². The molecule has 3 rings (SSSR count). The van der Waals surface area contributed by atoms with Crippen molar-refractivity contribution in [1.29, 1.82) is 0 Å². The summed E-state index contributed by atoms with van der Waals surface area (Å²) in [6.45, 7) is 1.88. The number of aromatic nitrogens is 1. The molecule has 0 spiro atoms. The van der Waals surface area contributed by atoms with Crippen LogP contribution < -0.4 is 20.5 Å². The van der Waals surface area contributed by atoms with E-state index in [1.165, 1.54) is 0 Å². The predicted octanol–water partition coefficient (Wildman–Crippen LogP) is 2.87. The van der Waals surface area contributed by atoms with E-state index < -0.39 is 0 Å². The van der Waals surface area contributed by atoms with Gasteiger partial charge in [0.15, 0.2) is 17.5 Å². The third kappa shape index (κ3) is 4.52. The molecule has 0 bridgehead atoms. The van der Waals surface area contributed by atoms with Crippen LogP contribution in [0.1, 0.15) is 12.0 Å². The van der Waals surface area contributed by atoms with Gasteiger partial charge in [-0.25, -0.2) is 4.98 Å². The van der Waals surface area contributed by atoms with Gasteiger partial charge in [-0.2, -0.15) is 0 Å². The number of aliphatic imine (C=N–C) groups is 1. The zero-order chi connectivity index (χ0) is 16.8. The molecule has 3 N–H and O–H groups in total. The van der Waals surface area contributed by atoms with Gasteiger partial charge in [0.25, 0.3) is 0 Å². The number of benzene rings is 1. The van der Waals surface area contributed by atoms with Crippen LogP contribution in [0.15, 0.2) is 41.5 Å². The maximum atomic E-state index is 5.93. The summed E-state index contributed by atoms with van der Waals surface area (Å²) >= 11 is 5.76. The number of nitrogens with zero attached hydrogens (tertiary/aromatic N) is 2. The molecule has 0 unspecified atom stereocenters. The summed E-state index contributed by atoms with van der Waals surface area (Å²) in [5.41, 5.74) is 7.81. The maximum absolute atomic E-state index is 5.93. The first-order valence-electron chi connectivity index (χ1n) is 7.78. The van der Waals surface area contributed by atoms with Crippen LogP contribution in [0.2, 0.25) is 5.15 Å². The minimum atomic E-state index is 0.353. The van der Waals surface area contributed by atoms with Crippen LogP contribution in [-0.4, -0.2) is 30.7 Å². The van der Waals surface area contributed by atoms with E-state index in [1.54, 1.807) is 12.3 Å². The van der Waals surface area contributed by atoms with E-state index in [0.717, 1.165) is 35.6 Å². The standard InChI is InChI=1S/C17H19ClN4O2/c18-16-5-2-12(11-21-16)6-7-20-17(19)22-13-3-4-14-15(10-13)24-9-1-8-23-14/h2-5,10-11H,1,6-9H2,(H3,19,20,22). The van der Waals surface area contributed by atoms with Crippen molar-refractivity contribution in [2.75, 3.05) is 25.1 Å². The molecule has 0 radical (unpaired) electrons. The number of halogens is 1. The monoisotopic (exact) mass is 346 g/mol. The molecule has 126 valence electrons. The smallest absolute Gasteiger partial charge is 0.193 e. The number of hydrogen-bond donors (Lipinski definition) is 2. The summed E-state index contributed by atoms with van der Waals surface area (Å²) in [7, 11) is 0. The van der Waals surface area contributed by atoms with E-state index in [2.05, 4.69) is 15.3 Å². The van der Waals surface area contributed by atoms with Gasteiger partial charge in [-0.1, -0.05) is 17.7 Å². The molecule has 0 aliphatic carbocycles. The first kappa shape index (κ1) is 16.4. The number of nitrogens with two attached hydrogens (primary N) is 1. The molecule has 0 saturated heterocycles. The minimum absolute atomic E-state index is 0.353. The van der Waals surface area contributed by atoms with Gasteiger partial charge in [-0.05, 0) is 30.2 Å². The SMILES string of the molecule is NC(=NCCc1ccc(Cl)nc1)Nc1ccc2c(c1)OCCCO2. The second-order valence-corrected chi connectivity index (χ2v) is 5.73. The topological polar surface area (TPSA) is 81.8 Å². The van der Waals surface area contributed by atoms with Crippen LogP contribution in [0, 0.1) is 0 Å². The van der Waals surface area contributed by atoms with Gasteiger partial charge in [0, 0.05) is 30.9 Å². The lowest BCUT2D eigenvalue weighted by Crippen LogP contribution is -2.23. The molecule has 0 atom stereocenters. The van der Waals surface area contributed by atoms with Gasteiger partial charge in [-0.3, -0.25) is 4.99 Å². The van der Waals surface area contributed by atoms with E-state index in [-0.39, 0.29) is 0 Å². The summed E-state index contributed by atoms with van der Waals surface area (Å²) in [6, 6.07) is 9.32. The van der Waals surface area contributed by atoms with Crippen molar-refractivity contribution in [2.45, 2.75) is 12.8 Å². The molecule has 1 aliphatic heterocycles. The normalized spacial score (nSPS) is 14.1. The van der Waals surface area contributed by atoms with E-state index >= 15 is 0 Å². The van der Waals surface area contributed by atoms with E-state index in [0.29, 0.717) is 30.9 Å². The first-order valence-corrected chi connectivity index (χ1v) is 8.15. The number of pyridine rings is 1. The molecule has 0 saturated carbocycles. The van der Waals surface area contributed by atoms with Gasteiger partial charge >= 0.3 is 0 Å². The van der Waals surface area contributed by atoms with Crippen LogP contribution in [0.3, 0.4) is 0 Å². The summed E-state index contributed by atoms with van der Waals surface area (Å²) in [6.07, 6.45) is 3.36. The zero-order valence-electron chi connectivity index (χ0n) is 13.2. The molecule has 1 aromatic heterocycles. The van der Waals surface area contributed by atoms with Crippen molar-refractivity contribution in [1.82, 2.24) is 4.98 Å². The van der Waals surface area contributed by atoms with Gasteiger partial charge in [0.1, 0.15) is 5.15 Å². The molecule has 2 aromatic rings. The van der Waals surface area contributed by atoms with Gasteiger partial charge in [0.05, 0.1) is 13.2 Å². The molecule has 2 heterocycles. The zero-order valence-corrected chi connectivity index (χ0v) is 13.9. The molecular formula is C17H19ClN4O2. The highest BCUT2D eigenvalue weighted by atomic mass is 35.5. The largest absolute Gasteiger partial charge is 0.490 e. The molecule has 7 heteroatoms. The van der Waals surface area contributed by atoms with Crippen molar-refractivity contribution < 1.29 is 9.47 Å². The number of guanidine groups is 1. The first-order chi connectivity index (χ1) is 11.7. The van der Waals surface area contributed by atoms with Crippen molar-refractivity contribution in [2.24, 2.45) is 10.7 Å². The highest BCUT2D eigenvalue weighted by molar-refractivity contribution is 6.29. The second-order valence-electron chi connectivity index (χ2n) is 5.34. The Bertz CT molecular complexity index is 719. The van der Waals surface area contributed by atoms with E-state index in [1.807, 2.05) is 24.3 Å². The highest BCUT2D eigenvalue weighted by Gasteiger charge is 2.10. The van der Waals surface area contributed by atoms with Crippen LogP contribution >= 0.6 is 11.6 Å². The van der Waals surface area contributed by atoms with Crippen LogP contribution in [0.5, 0.6) is 11.5 Å². The fourth-order valence-electron chi connectivity index (χ4n) is 2.29. The number of fused-ring (bicyclic) bond motifs is 1. The Balaban J connectivity index is 1.56. The lowest BCUT2D eigenvalue weighted by atomic mass is 10.2. The van der Waals surface area contributed by atoms with Crippen LogP contribution in [-0.2, 0) is 6.42 Å². The van der Waals surface area contributed by atoms with Crippen molar-refractivity contribution in [3.05, 3.63) is 47.2 Å². The third-order valence-electron chi connectivity index (χ3n) is 3.49. The van der Waals surface area contributed by atoms with Crippen molar-refractivity contribution in [3.8, 4) is 11.5 Å². The van der Waals surface area contributed by atoms with Crippen LogP contribution in [0.4, 0.5) is 5.69 Å². The molecule has 0 fully saturated rings. The van der Waals surface area contributed by atoms with E-state index in [4.69, 9.17) is 26.8 Å². The molecule has 0 amide bonds. The fraction of sp³-hybridized carbons (Fsp3) is 0.294. The average molecular weight is 347 g/mol. The molecule has 24 heavy (non-hydrogen) atoms. The Morgan fingerprint density at radius 1 is 1.21 bits per heavy atom. The molecule has 6 nitrogen and oxygen atoms in total. The Morgan fingerprint density at radius 3 is 2.83 bits per heavy atom. The fourth-order valence-corrected chi connectivity index (χ4v) is 2.40. The number of anilines is 1. The predicted molar refractivity (Wildman–Crippen MR) is 95.1 cm³/mol. The molecule has 1 aliphatic rings. The summed E-state index contributed by atoms with van der Waals surface area (Å²) in [5.74, 6) is 1.83. The lowest BCUT2D eigenvalue weighted by Gasteiger charge is -2.10. The molecule has 1 aromatic carbocycles. The summed E-state index contributed by atoms with van der Waals surface area (Å²) < 4.78 is 11.3. The Hall–Kier alpha value is -2.47. The number of ether oxygens (including phenoxy) is 2. The highest BCUT2D eigenvalue weighted by Crippen LogP contribution is 2.32. The second kappa shape index (κ2) is 7.88. The maximum Gasteiger partial charge on any atom is 0.193 e. The number of rotatable bonds is 4.